The number of thiophene rings is 1. The fourth-order valence-electron chi connectivity index (χ4n) is 4.83. The van der Waals surface area contributed by atoms with Crippen LogP contribution in [0.3, 0.4) is 0 Å². The molecule has 1 saturated heterocycles. The van der Waals surface area contributed by atoms with Gasteiger partial charge in [0.1, 0.15) is 4.83 Å². The number of rotatable bonds is 2. The number of fused-ring (bicyclic) bond motifs is 6. The molecule has 0 saturated carbocycles. The van der Waals surface area contributed by atoms with Crippen LogP contribution in [0.25, 0.3) is 26.6 Å². The highest BCUT2D eigenvalue weighted by Gasteiger charge is 2.25. The van der Waals surface area contributed by atoms with Gasteiger partial charge in [0.15, 0.2) is 11.5 Å². The van der Waals surface area contributed by atoms with Gasteiger partial charge in [-0.05, 0) is 31.4 Å². The Kier molecular flexibility index (Phi) is 3.89. The van der Waals surface area contributed by atoms with Crippen LogP contribution in [-0.4, -0.2) is 52.2 Å². The highest BCUT2D eigenvalue weighted by atomic mass is 32.1. The SMILES string of the molecule is CCN1CCN(c2nn3c(=O)c4c5c(sc4nc3c3ccccc23)CCC5)CC1. The predicted molar refractivity (Wildman–Crippen MR) is 118 cm³/mol. The average molecular weight is 406 g/mol. The number of aromatic nitrogens is 3. The van der Waals surface area contributed by atoms with Crippen LogP contribution < -0.4 is 10.5 Å². The van der Waals surface area contributed by atoms with Gasteiger partial charge in [0, 0.05) is 41.8 Å². The number of aryl methyl sites for hydroxylation is 2. The molecular formula is C22H23N5OS. The van der Waals surface area contributed by atoms with Crippen LogP contribution in [-0.2, 0) is 12.8 Å². The zero-order chi connectivity index (χ0) is 19.5. The maximum atomic E-state index is 13.5. The second-order valence-electron chi connectivity index (χ2n) is 7.98. The van der Waals surface area contributed by atoms with E-state index in [-0.39, 0.29) is 5.56 Å². The fourth-order valence-corrected chi connectivity index (χ4v) is 6.08. The molecule has 1 fully saturated rings. The number of anilines is 1. The van der Waals surface area contributed by atoms with Crippen LogP contribution in [0.15, 0.2) is 29.1 Å². The predicted octanol–water partition coefficient (Wildman–Crippen LogP) is 3.09. The lowest BCUT2D eigenvalue weighted by Gasteiger charge is -2.35. The summed E-state index contributed by atoms with van der Waals surface area (Å²) in [5.41, 5.74) is 1.88. The van der Waals surface area contributed by atoms with Crippen molar-refractivity contribution in [1.82, 2.24) is 19.5 Å². The zero-order valence-corrected chi connectivity index (χ0v) is 17.3. The summed E-state index contributed by atoms with van der Waals surface area (Å²) in [6, 6.07) is 8.24. The molecule has 0 spiro atoms. The molecule has 3 aromatic heterocycles. The van der Waals surface area contributed by atoms with E-state index in [0.717, 1.165) is 78.8 Å². The molecule has 6 rings (SSSR count). The summed E-state index contributed by atoms with van der Waals surface area (Å²) >= 11 is 1.69. The third-order valence-corrected chi connectivity index (χ3v) is 7.63. The van der Waals surface area contributed by atoms with Crippen molar-refractivity contribution in [3.8, 4) is 0 Å². The van der Waals surface area contributed by atoms with E-state index >= 15 is 0 Å². The Balaban J connectivity index is 1.63. The lowest BCUT2D eigenvalue weighted by molar-refractivity contribution is 0.270. The summed E-state index contributed by atoms with van der Waals surface area (Å²) < 4.78 is 1.57. The lowest BCUT2D eigenvalue weighted by Crippen LogP contribution is -2.46. The Morgan fingerprint density at radius 2 is 1.86 bits per heavy atom. The average Bonchev–Trinajstić information content (AvgIpc) is 3.35. The summed E-state index contributed by atoms with van der Waals surface area (Å²) in [7, 11) is 0. The molecule has 4 heterocycles. The lowest BCUT2D eigenvalue weighted by atomic mass is 10.1. The van der Waals surface area contributed by atoms with Gasteiger partial charge in [0.05, 0.1) is 5.39 Å². The van der Waals surface area contributed by atoms with E-state index in [1.807, 2.05) is 12.1 Å². The van der Waals surface area contributed by atoms with Crippen LogP contribution in [0.5, 0.6) is 0 Å². The summed E-state index contributed by atoms with van der Waals surface area (Å²) in [6.07, 6.45) is 3.19. The number of piperazine rings is 1. The summed E-state index contributed by atoms with van der Waals surface area (Å²) in [6.45, 7) is 7.17. The number of benzene rings is 1. The molecule has 7 heteroatoms. The molecule has 29 heavy (non-hydrogen) atoms. The summed E-state index contributed by atoms with van der Waals surface area (Å²) in [4.78, 5) is 25.4. The standard InChI is InChI=1S/C22H23N5OS/c1-2-25-10-12-26(13-11-25)20-15-7-4-3-6-14(15)19-23-21-18(22(28)27(19)24-20)16-8-5-9-17(16)29-21/h3-4,6-7H,2,5,8-13H2,1H3. The van der Waals surface area contributed by atoms with Gasteiger partial charge in [-0.1, -0.05) is 31.2 Å². The minimum Gasteiger partial charge on any atom is -0.352 e. The highest BCUT2D eigenvalue weighted by Crippen LogP contribution is 2.36. The van der Waals surface area contributed by atoms with Crippen molar-refractivity contribution in [2.45, 2.75) is 26.2 Å². The van der Waals surface area contributed by atoms with Gasteiger partial charge in [-0.25, -0.2) is 4.98 Å². The molecule has 6 nitrogen and oxygen atoms in total. The normalized spacial score (nSPS) is 17.6. The second kappa shape index (κ2) is 6.50. The van der Waals surface area contributed by atoms with Gasteiger partial charge < -0.3 is 9.80 Å². The van der Waals surface area contributed by atoms with Crippen LogP contribution >= 0.6 is 11.3 Å². The smallest absolute Gasteiger partial charge is 0.283 e. The van der Waals surface area contributed by atoms with E-state index in [0.29, 0.717) is 5.65 Å². The monoisotopic (exact) mass is 405 g/mol. The van der Waals surface area contributed by atoms with Crippen molar-refractivity contribution in [2.75, 3.05) is 37.6 Å². The first-order valence-electron chi connectivity index (χ1n) is 10.5. The van der Waals surface area contributed by atoms with Gasteiger partial charge >= 0.3 is 0 Å². The molecule has 1 aliphatic carbocycles. The molecule has 1 aliphatic heterocycles. The van der Waals surface area contributed by atoms with Gasteiger partial charge in [0.2, 0.25) is 0 Å². The van der Waals surface area contributed by atoms with Gasteiger partial charge in [-0.3, -0.25) is 4.79 Å². The molecular weight excluding hydrogens is 382 g/mol. The van der Waals surface area contributed by atoms with Crippen molar-refractivity contribution in [1.29, 1.82) is 0 Å². The third kappa shape index (κ3) is 2.53. The van der Waals surface area contributed by atoms with Crippen LogP contribution in [0.1, 0.15) is 23.8 Å². The number of hydrogen-bond acceptors (Lipinski definition) is 6. The maximum absolute atomic E-state index is 13.5. The van der Waals surface area contributed by atoms with Crippen molar-refractivity contribution in [3.05, 3.63) is 45.1 Å². The summed E-state index contributed by atoms with van der Waals surface area (Å²) in [5, 5.41) is 7.76. The number of likely N-dealkylation sites (N-methyl/N-ethyl adjacent to an activating group) is 1. The van der Waals surface area contributed by atoms with E-state index < -0.39 is 0 Å². The molecule has 0 N–H and O–H groups in total. The van der Waals surface area contributed by atoms with Gasteiger partial charge in [0.25, 0.3) is 5.56 Å². The number of hydrogen-bond donors (Lipinski definition) is 0. The van der Waals surface area contributed by atoms with Gasteiger partial charge in [-0.2, -0.15) is 4.52 Å². The molecule has 0 atom stereocenters. The molecule has 0 unspecified atom stereocenters. The molecule has 0 radical (unpaired) electrons. The van der Waals surface area contributed by atoms with Crippen molar-refractivity contribution in [2.24, 2.45) is 0 Å². The minimum atomic E-state index is -0.0106. The molecule has 4 aromatic rings. The van der Waals surface area contributed by atoms with E-state index in [1.165, 1.54) is 10.4 Å². The first kappa shape index (κ1) is 17.4. The Labute approximate surface area is 172 Å². The maximum Gasteiger partial charge on any atom is 0.283 e. The second-order valence-corrected chi connectivity index (χ2v) is 9.06. The Morgan fingerprint density at radius 1 is 1.07 bits per heavy atom. The zero-order valence-electron chi connectivity index (χ0n) is 16.5. The largest absolute Gasteiger partial charge is 0.352 e. The van der Waals surface area contributed by atoms with E-state index in [9.17, 15) is 4.79 Å². The minimum absolute atomic E-state index is 0.0106. The van der Waals surface area contributed by atoms with Crippen molar-refractivity contribution >= 4 is 43.8 Å². The van der Waals surface area contributed by atoms with Crippen LogP contribution in [0, 0.1) is 0 Å². The third-order valence-electron chi connectivity index (χ3n) is 6.44. The molecule has 0 amide bonds. The quantitative estimate of drug-likeness (QED) is 0.480. The topological polar surface area (TPSA) is 53.7 Å². The van der Waals surface area contributed by atoms with Crippen LogP contribution in [0.2, 0.25) is 0 Å². The Bertz CT molecular complexity index is 1320. The van der Waals surface area contributed by atoms with E-state index in [1.54, 1.807) is 15.9 Å². The van der Waals surface area contributed by atoms with Gasteiger partial charge in [-0.15, -0.1) is 16.4 Å². The summed E-state index contributed by atoms with van der Waals surface area (Å²) in [5.74, 6) is 0.902. The highest BCUT2D eigenvalue weighted by molar-refractivity contribution is 7.18. The molecule has 0 bridgehead atoms. The van der Waals surface area contributed by atoms with Crippen molar-refractivity contribution < 1.29 is 0 Å². The van der Waals surface area contributed by atoms with Crippen molar-refractivity contribution in [3.63, 3.8) is 0 Å². The van der Waals surface area contributed by atoms with E-state index in [4.69, 9.17) is 10.1 Å². The fraction of sp³-hybridized carbons (Fsp3) is 0.409. The molecule has 148 valence electrons. The molecule has 1 aromatic carbocycles. The Morgan fingerprint density at radius 3 is 2.66 bits per heavy atom. The number of nitrogens with zero attached hydrogens (tertiary/aromatic N) is 5. The first-order chi connectivity index (χ1) is 14.2. The first-order valence-corrected chi connectivity index (χ1v) is 11.3. The Hall–Kier alpha value is -2.51. The van der Waals surface area contributed by atoms with E-state index in [2.05, 4.69) is 28.9 Å². The van der Waals surface area contributed by atoms with Crippen LogP contribution in [0.4, 0.5) is 5.82 Å². The molecule has 2 aliphatic rings.